The van der Waals surface area contributed by atoms with Crippen molar-refractivity contribution >= 4 is 35.5 Å². The van der Waals surface area contributed by atoms with E-state index in [1.54, 1.807) is 0 Å². The van der Waals surface area contributed by atoms with Crippen molar-refractivity contribution in [3.63, 3.8) is 0 Å². The summed E-state index contributed by atoms with van der Waals surface area (Å²) in [5.74, 6) is -1.52. The van der Waals surface area contributed by atoms with Gasteiger partial charge in [-0.3, -0.25) is 24.2 Å². The first kappa shape index (κ1) is 33.2. The van der Waals surface area contributed by atoms with Gasteiger partial charge in [-0.2, -0.15) is 0 Å². The Morgan fingerprint density at radius 3 is 2.23 bits per heavy atom. The highest BCUT2D eigenvalue weighted by Gasteiger charge is 2.43. The van der Waals surface area contributed by atoms with Crippen LogP contribution >= 0.6 is 0 Å². The number of aromatic nitrogens is 1. The standard InChI is InChI=1S/C34H48N4O6/c1-8-21-19(6)33(43)37-26(21)14-25-16(3)23(10-12-29(39)40)27(35-25)15-28-24(11-13-30(41)42)18(5)31(36-28)20(7)32-17(4)22(9-2)34(44)38-32/h15,17,19-22,26,32,35H,8-14H2,1-7H3,(H,37,43)(H,38,44)(H,39,40)(H,41,42). The Hall–Kier alpha value is -3.69. The van der Waals surface area contributed by atoms with Crippen LogP contribution in [0, 0.1) is 36.5 Å². The number of carboxylic acids is 2. The van der Waals surface area contributed by atoms with Gasteiger partial charge in [0.2, 0.25) is 11.8 Å². The van der Waals surface area contributed by atoms with E-state index in [1.165, 1.54) is 0 Å². The Labute approximate surface area is 259 Å². The quantitative estimate of drug-likeness (QED) is 0.216. The third-order valence-electron chi connectivity index (χ3n) is 10.4. The summed E-state index contributed by atoms with van der Waals surface area (Å²) in [5, 5.41) is 25.3. The number of amides is 2. The molecule has 4 rings (SSSR count). The summed E-state index contributed by atoms with van der Waals surface area (Å²) in [6, 6.07) is -0.101. The predicted octanol–water partition coefficient (Wildman–Crippen LogP) is 4.82. The summed E-state index contributed by atoms with van der Waals surface area (Å²) in [4.78, 5) is 56.9. The lowest BCUT2D eigenvalue weighted by atomic mass is 9.81. The van der Waals surface area contributed by atoms with E-state index in [2.05, 4.69) is 36.4 Å². The predicted molar refractivity (Wildman–Crippen MR) is 169 cm³/mol. The highest BCUT2D eigenvalue weighted by atomic mass is 16.4. The highest BCUT2D eigenvalue weighted by Crippen LogP contribution is 2.38. The van der Waals surface area contributed by atoms with Crippen LogP contribution in [-0.2, 0) is 32.0 Å². The van der Waals surface area contributed by atoms with E-state index in [4.69, 9.17) is 4.99 Å². The molecule has 5 N–H and O–H groups in total. The van der Waals surface area contributed by atoms with Crippen molar-refractivity contribution in [2.24, 2.45) is 34.6 Å². The smallest absolute Gasteiger partial charge is 0.303 e. The summed E-state index contributed by atoms with van der Waals surface area (Å²) in [6.45, 7) is 14.2. The minimum Gasteiger partial charge on any atom is -0.481 e. The molecule has 0 spiro atoms. The maximum absolute atomic E-state index is 12.6. The third kappa shape index (κ3) is 6.54. The number of nitrogens with zero attached hydrogens (tertiary/aromatic N) is 1. The van der Waals surface area contributed by atoms with Crippen LogP contribution in [0.4, 0.5) is 0 Å². The fourth-order valence-corrected chi connectivity index (χ4v) is 7.70. The second kappa shape index (κ2) is 13.5. The van der Waals surface area contributed by atoms with Crippen LogP contribution < -0.4 is 10.6 Å². The van der Waals surface area contributed by atoms with Gasteiger partial charge in [0, 0.05) is 66.2 Å². The molecule has 7 atom stereocenters. The summed E-state index contributed by atoms with van der Waals surface area (Å²) < 4.78 is 0. The van der Waals surface area contributed by atoms with Crippen LogP contribution in [0.2, 0.25) is 0 Å². The maximum atomic E-state index is 12.6. The number of H-pyrrole nitrogens is 1. The number of hydrogen-bond donors (Lipinski definition) is 5. The first-order valence-corrected chi connectivity index (χ1v) is 16.0. The van der Waals surface area contributed by atoms with Crippen LogP contribution in [0.5, 0.6) is 0 Å². The number of carbonyl (C=O) groups is 4. The van der Waals surface area contributed by atoms with E-state index < -0.39 is 11.9 Å². The monoisotopic (exact) mass is 608 g/mol. The van der Waals surface area contributed by atoms with E-state index in [-0.39, 0.29) is 66.3 Å². The molecule has 2 saturated heterocycles. The highest BCUT2D eigenvalue weighted by molar-refractivity contribution is 6.07. The average Bonchev–Trinajstić information content (AvgIpc) is 3.62. The molecule has 2 amide bonds. The fraction of sp³-hybridized carbons (Fsp3) is 0.618. The van der Waals surface area contributed by atoms with Crippen molar-refractivity contribution < 1.29 is 29.4 Å². The van der Waals surface area contributed by atoms with Crippen molar-refractivity contribution in [1.82, 2.24) is 15.6 Å². The normalized spacial score (nSPS) is 28.4. The lowest BCUT2D eigenvalue weighted by molar-refractivity contribution is -0.138. The minimum atomic E-state index is -0.896. The average molecular weight is 609 g/mol. The first-order valence-electron chi connectivity index (χ1n) is 16.0. The Bertz CT molecular complexity index is 1420. The number of rotatable bonds is 13. The van der Waals surface area contributed by atoms with Gasteiger partial charge in [0.15, 0.2) is 0 Å². The van der Waals surface area contributed by atoms with Crippen molar-refractivity contribution in [1.29, 1.82) is 0 Å². The minimum absolute atomic E-state index is 0.0199. The number of carboxylic acid groups (broad SMARTS) is 2. The Balaban J connectivity index is 1.75. The number of aliphatic carboxylic acids is 2. The molecule has 4 heterocycles. The number of nitrogens with one attached hydrogen (secondary N) is 3. The summed E-state index contributed by atoms with van der Waals surface area (Å²) in [7, 11) is 0. The third-order valence-corrected chi connectivity index (χ3v) is 10.4. The molecule has 2 fully saturated rings. The molecule has 1 aromatic rings. The molecule has 7 unspecified atom stereocenters. The Kier molecular flexibility index (Phi) is 10.2. The first-order chi connectivity index (χ1) is 20.8. The molecule has 3 aliphatic heterocycles. The van der Waals surface area contributed by atoms with Gasteiger partial charge in [0.25, 0.3) is 0 Å². The van der Waals surface area contributed by atoms with Crippen molar-refractivity contribution in [3.8, 4) is 0 Å². The summed E-state index contributed by atoms with van der Waals surface area (Å²) in [5.41, 5.74) is 6.84. The molecule has 1 aromatic heterocycles. The molecule has 0 radical (unpaired) electrons. The number of carbonyl (C=O) groups excluding carboxylic acids is 2. The molecule has 10 nitrogen and oxygen atoms in total. The fourth-order valence-electron chi connectivity index (χ4n) is 7.70. The topological polar surface area (TPSA) is 161 Å². The molecule has 0 bridgehead atoms. The van der Waals surface area contributed by atoms with E-state index in [1.807, 2.05) is 33.8 Å². The Morgan fingerprint density at radius 1 is 0.977 bits per heavy atom. The number of allylic oxidation sites excluding steroid dienone is 2. The zero-order valence-corrected chi connectivity index (χ0v) is 27.0. The number of aromatic amines is 1. The molecule has 44 heavy (non-hydrogen) atoms. The zero-order chi connectivity index (χ0) is 32.5. The van der Waals surface area contributed by atoms with Gasteiger partial charge in [0.1, 0.15) is 0 Å². The van der Waals surface area contributed by atoms with Gasteiger partial charge in [0.05, 0.1) is 5.70 Å². The van der Waals surface area contributed by atoms with E-state index >= 15 is 0 Å². The van der Waals surface area contributed by atoms with Crippen LogP contribution in [-0.4, -0.2) is 56.7 Å². The zero-order valence-electron chi connectivity index (χ0n) is 27.0. The molecule has 0 aromatic carbocycles. The molecule has 10 heteroatoms. The summed E-state index contributed by atoms with van der Waals surface area (Å²) in [6.07, 6.45) is 4.72. The second-order valence-electron chi connectivity index (χ2n) is 12.9. The molecule has 0 saturated carbocycles. The van der Waals surface area contributed by atoms with Crippen molar-refractivity contribution in [2.45, 2.75) is 105 Å². The summed E-state index contributed by atoms with van der Waals surface area (Å²) >= 11 is 0. The molecular formula is C34H48N4O6. The number of hydrogen-bond acceptors (Lipinski definition) is 5. The van der Waals surface area contributed by atoms with Crippen LogP contribution in [0.3, 0.4) is 0 Å². The van der Waals surface area contributed by atoms with Gasteiger partial charge in [-0.05, 0) is 73.3 Å². The van der Waals surface area contributed by atoms with Gasteiger partial charge < -0.3 is 25.8 Å². The second-order valence-corrected chi connectivity index (χ2v) is 12.9. The van der Waals surface area contributed by atoms with Crippen LogP contribution in [0.1, 0.15) is 96.2 Å². The van der Waals surface area contributed by atoms with Gasteiger partial charge in [-0.15, -0.1) is 0 Å². The largest absolute Gasteiger partial charge is 0.481 e. The van der Waals surface area contributed by atoms with Gasteiger partial charge >= 0.3 is 11.9 Å². The van der Waals surface area contributed by atoms with E-state index in [9.17, 15) is 29.4 Å². The van der Waals surface area contributed by atoms with Gasteiger partial charge in [-0.25, -0.2) is 0 Å². The Morgan fingerprint density at radius 2 is 1.64 bits per heavy atom. The van der Waals surface area contributed by atoms with Crippen LogP contribution in [0.15, 0.2) is 21.8 Å². The van der Waals surface area contributed by atoms with Crippen LogP contribution in [0.25, 0.3) is 6.08 Å². The molecule has 0 aliphatic carbocycles. The lowest BCUT2D eigenvalue weighted by Crippen LogP contribution is -2.38. The van der Waals surface area contributed by atoms with E-state index in [0.717, 1.165) is 52.2 Å². The van der Waals surface area contributed by atoms with Crippen molar-refractivity contribution in [2.75, 3.05) is 0 Å². The molecular weight excluding hydrogens is 560 g/mol. The number of aliphatic imine (C=N–C) groups is 1. The lowest BCUT2D eigenvalue weighted by Gasteiger charge is -2.25. The van der Waals surface area contributed by atoms with Gasteiger partial charge in [-0.1, -0.05) is 41.0 Å². The molecule has 3 aliphatic rings. The van der Waals surface area contributed by atoms with Crippen molar-refractivity contribution in [3.05, 3.63) is 39.4 Å². The maximum Gasteiger partial charge on any atom is 0.303 e. The van der Waals surface area contributed by atoms with E-state index in [0.29, 0.717) is 25.0 Å². The SMILES string of the molecule is CCC1C(=O)NC(C(C)C2=NC(=Cc3[nH]c(CC4NC(=O)C(C)C4CC)c(C)c3CCC(=O)O)C(CCC(=O)O)=C2C)C1C. The molecule has 240 valence electrons.